The van der Waals surface area contributed by atoms with Crippen molar-refractivity contribution < 1.29 is 50.6 Å². The van der Waals surface area contributed by atoms with Crippen LogP contribution in [0.25, 0.3) is 0 Å². The minimum absolute atomic E-state index is 0.0224. The van der Waals surface area contributed by atoms with Crippen LogP contribution in [0, 0.1) is 11.6 Å². The van der Waals surface area contributed by atoms with E-state index in [0.29, 0.717) is 13.0 Å². The number of hydrogen-bond donors (Lipinski definition) is 1. The molecule has 0 aromatic heterocycles. The SMILES string of the molecule is COCCOC(=O)N1CC2CCC(C(=O)NOC3CCCCO3)(C1)N2S(=O)(=O)c1ccc(Oc2ccc(F)cc2)c(F)c1. The number of nitrogens with zero attached hydrogens (tertiary/aromatic N) is 2. The van der Waals surface area contributed by atoms with Crippen LogP contribution in [0.2, 0.25) is 0 Å². The van der Waals surface area contributed by atoms with Gasteiger partial charge < -0.3 is 23.8 Å². The highest BCUT2D eigenvalue weighted by Crippen LogP contribution is 2.44. The zero-order chi connectivity index (χ0) is 30.6. The van der Waals surface area contributed by atoms with E-state index in [1.54, 1.807) is 0 Å². The van der Waals surface area contributed by atoms with Crippen LogP contribution >= 0.6 is 0 Å². The Morgan fingerprint density at radius 1 is 1.09 bits per heavy atom. The van der Waals surface area contributed by atoms with Crippen molar-refractivity contribution in [1.29, 1.82) is 0 Å². The van der Waals surface area contributed by atoms with E-state index in [2.05, 4.69) is 5.48 Å². The second-order valence-electron chi connectivity index (χ2n) is 10.5. The van der Waals surface area contributed by atoms with E-state index in [0.717, 1.165) is 41.4 Å². The van der Waals surface area contributed by atoms with Crippen molar-refractivity contribution in [3.05, 3.63) is 54.1 Å². The Hall–Kier alpha value is -3.37. The molecule has 0 aliphatic carbocycles. The minimum Gasteiger partial charge on any atom is -0.454 e. The molecule has 2 amide bonds. The van der Waals surface area contributed by atoms with Crippen LogP contribution in [-0.4, -0.2) is 87.5 Å². The smallest absolute Gasteiger partial charge is 0.409 e. The van der Waals surface area contributed by atoms with Gasteiger partial charge in [0.25, 0.3) is 5.91 Å². The zero-order valence-electron chi connectivity index (χ0n) is 23.5. The Morgan fingerprint density at radius 3 is 2.58 bits per heavy atom. The van der Waals surface area contributed by atoms with Crippen molar-refractivity contribution in [2.75, 3.05) is 40.0 Å². The molecule has 2 aromatic rings. The number of ether oxygens (including phenoxy) is 4. The highest BCUT2D eigenvalue weighted by atomic mass is 32.2. The fourth-order valence-electron chi connectivity index (χ4n) is 5.57. The molecule has 1 N–H and O–H groups in total. The average molecular weight is 626 g/mol. The summed E-state index contributed by atoms with van der Waals surface area (Å²) >= 11 is 0. The van der Waals surface area contributed by atoms with Gasteiger partial charge in [-0.1, -0.05) is 0 Å². The maximum Gasteiger partial charge on any atom is 0.409 e. The number of halogens is 2. The van der Waals surface area contributed by atoms with E-state index >= 15 is 4.39 Å². The van der Waals surface area contributed by atoms with Gasteiger partial charge in [0.15, 0.2) is 17.9 Å². The van der Waals surface area contributed by atoms with E-state index in [-0.39, 0.29) is 50.6 Å². The van der Waals surface area contributed by atoms with Gasteiger partial charge in [-0.2, -0.15) is 4.31 Å². The molecule has 43 heavy (non-hydrogen) atoms. The van der Waals surface area contributed by atoms with Gasteiger partial charge in [-0.3, -0.25) is 4.79 Å². The number of sulfonamides is 1. The maximum atomic E-state index is 15.1. The molecular weight excluding hydrogens is 592 g/mol. The third-order valence-corrected chi connectivity index (χ3v) is 9.66. The number of carbonyl (C=O) groups is 2. The highest BCUT2D eigenvalue weighted by molar-refractivity contribution is 7.89. The summed E-state index contributed by atoms with van der Waals surface area (Å²) in [4.78, 5) is 33.0. The first-order chi connectivity index (χ1) is 20.6. The summed E-state index contributed by atoms with van der Waals surface area (Å²) in [5.74, 6) is -2.37. The van der Waals surface area contributed by atoms with Crippen LogP contribution in [0.5, 0.6) is 11.5 Å². The number of piperazine rings is 1. The number of carbonyl (C=O) groups excluding carboxylic acids is 2. The third-order valence-electron chi connectivity index (χ3n) is 7.64. The number of likely N-dealkylation sites (tertiary alicyclic amines) is 1. The summed E-state index contributed by atoms with van der Waals surface area (Å²) in [6.45, 7) is 0.245. The van der Waals surface area contributed by atoms with E-state index in [4.69, 9.17) is 23.8 Å². The van der Waals surface area contributed by atoms with Gasteiger partial charge >= 0.3 is 6.09 Å². The molecule has 15 heteroatoms. The Kier molecular flexibility index (Phi) is 9.46. The lowest BCUT2D eigenvalue weighted by molar-refractivity contribution is -0.204. The van der Waals surface area contributed by atoms with Gasteiger partial charge in [-0.25, -0.2) is 32.3 Å². The molecule has 0 spiro atoms. The van der Waals surface area contributed by atoms with E-state index in [9.17, 15) is 22.4 Å². The van der Waals surface area contributed by atoms with Gasteiger partial charge in [0, 0.05) is 32.7 Å². The number of rotatable bonds is 10. The van der Waals surface area contributed by atoms with Gasteiger partial charge in [0.2, 0.25) is 10.0 Å². The van der Waals surface area contributed by atoms with Gasteiger partial charge in [0.05, 0.1) is 18.0 Å². The lowest BCUT2D eigenvalue weighted by atomic mass is 9.96. The lowest BCUT2D eigenvalue weighted by Crippen LogP contribution is -2.69. The second-order valence-corrected chi connectivity index (χ2v) is 12.3. The number of methoxy groups -OCH3 is 1. The summed E-state index contributed by atoms with van der Waals surface area (Å²) in [6, 6.07) is 7.21. The molecular formula is C28H33F2N3O9S. The van der Waals surface area contributed by atoms with Crippen LogP contribution < -0.4 is 10.2 Å². The first-order valence-corrected chi connectivity index (χ1v) is 15.3. The van der Waals surface area contributed by atoms with Crippen molar-refractivity contribution in [1.82, 2.24) is 14.7 Å². The van der Waals surface area contributed by atoms with Crippen LogP contribution in [0.15, 0.2) is 47.4 Å². The molecule has 2 aromatic carbocycles. The third kappa shape index (κ3) is 6.60. The fourth-order valence-corrected chi connectivity index (χ4v) is 7.55. The van der Waals surface area contributed by atoms with Crippen molar-refractivity contribution in [3.8, 4) is 11.5 Å². The number of benzene rings is 2. The Labute approximate surface area is 247 Å². The number of fused-ring (bicyclic) bond motifs is 2. The molecule has 3 heterocycles. The summed E-state index contributed by atoms with van der Waals surface area (Å²) in [5.41, 5.74) is 0.601. The molecule has 3 aliphatic heterocycles. The number of hydrogen-bond acceptors (Lipinski definition) is 9. The normalized spacial score (nSPS) is 24.0. The van der Waals surface area contributed by atoms with Gasteiger partial charge in [-0.15, -0.1) is 0 Å². The molecule has 5 rings (SSSR count). The van der Waals surface area contributed by atoms with Gasteiger partial charge in [-0.05, 0) is 68.1 Å². The Bertz CT molecular complexity index is 1420. The summed E-state index contributed by atoms with van der Waals surface area (Å²) in [5, 5.41) is 0. The summed E-state index contributed by atoms with van der Waals surface area (Å²) in [7, 11) is -3.03. The molecule has 3 aliphatic rings. The summed E-state index contributed by atoms with van der Waals surface area (Å²) < 4.78 is 78.7. The topological polar surface area (TPSA) is 133 Å². The van der Waals surface area contributed by atoms with Crippen molar-refractivity contribution in [3.63, 3.8) is 0 Å². The largest absolute Gasteiger partial charge is 0.454 e. The van der Waals surface area contributed by atoms with Crippen molar-refractivity contribution in [2.45, 2.75) is 54.9 Å². The molecule has 3 fully saturated rings. The first kappa shape index (κ1) is 31.1. The van der Waals surface area contributed by atoms with Crippen LogP contribution in [0.1, 0.15) is 32.1 Å². The van der Waals surface area contributed by atoms with E-state index < -0.39 is 56.4 Å². The maximum absolute atomic E-state index is 15.1. The molecule has 3 atom stereocenters. The van der Waals surface area contributed by atoms with E-state index in [1.165, 1.54) is 30.2 Å². The quantitative estimate of drug-likeness (QED) is 0.312. The van der Waals surface area contributed by atoms with Gasteiger partial charge in [0.1, 0.15) is 23.7 Å². The molecule has 234 valence electrons. The van der Waals surface area contributed by atoms with Crippen LogP contribution in [0.4, 0.5) is 13.6 Å². The number of hydroxylamine groups is 1. The molecule has 0 saturated carbocycles. The number of amides is 2. The first-order valence-electron chi connectivity index (χ1n) is 13.9. The standard InChI is InChI=1S/C28H33F2N3O9S/c1-38-14-15-40-27(35)32-17-20-11-12-28(18-32,26(34)31-42-25-4-2-3-13-39-25)33(20)43(36,37)22-9-10-24(23(30)16-22)41-21-7-5-19(29)6-8-21/h5-10,16,20,25H,2-4,11-15,17-18H2,1H3,(H,31,34). The molecule has 3 saturated heterocycles. The van der Waals surface area contributed by atoms with Crippen LogP contribution in [-0.2, 0) is 33.9 Å². The molecule has 3 unspecified atom stereocenters. The predicted molar refractivity (Wildman–Crippen MR) is 145 cm³/mol. The van der Waals surface area contributed by atoms with E-state index in [1.807, 2.05) is 0 Å². The Morgan fingerprint density at radius 2 is 1.88 bits per heavy atom. The fraction of sp³-hybridized carbons (Fsp3) is 0.500. The van der Waals surface area contributed by atoms with Crippen molar-refractivity contribution >= 4 is 22.0 Å². The second kappa shape index (κ2) is 13.1. The predicted octanol–water partition coefficient (Wildman–Crippen LogP) is 3.32. The molecule has 0 radical (unpaired) electrons. The average Bonchev–Trinajstić information content (AvgIpc) is 3.26. The molecule has 2 bridgehead atoms. The highest BCUT2D eigenvalue weighted by Gasteiger charge is 2.62. The molecule has 12 nitrogen and oxygen atoms in total. The van der Waals surface area contributed by atoms with Crippen molar-refractivity contribution in [2.24, 2.45) is 0 Å². The van der Waals surface area contributed by atoms with Crippen LogP contribution in [0.3, 0.4) is 0 Å². The summed E-state index contributed by atoms with van der Waals surface area (Å²) in [6.07, 6.45) is 1.15. The Balaban J connectivity index is 1.41. The lowest BCUT2D eigenvalue weighted by Gasteiger charge is -2.46. The number of nitrogens with one attached hydrogen (secondary N) is 1. The monoisotopic (exact) mass is 625 g/mol. The minimum atomic E-state index is -4.49. The zero-order valence-corrected chi connectivity index (χ0v) is 24.3.